The zero-order valence-corrected chi connectivity index (χ0v) is 11.6. The van der Waals surface area contributed by atoms with Gasteiger partial charge in [0.15, 0.2) is 0 Å². The fourth-order valence-electron chi connectivity index (χ4n) is 1.23. The van der Waals surface area contributed by atoms with Gasteiger partial charge in [0, 0.05) is 13.2 Å². The first-order valence-corrected chi connectivity index (χ1v) is 6.38. The molecule has 4 nitrogen and oxygen atoms in total. The molecule has 0 aromatic carbocycles. The van der Waals surface area contributed by atoms with E-state index in [0.29, 0.717) is 25.4 Å². The summed E-state index contributed by atoms with van der Waals surface area (Å²) in [6.07, 6.45) is -3.85. The van der Waals surface area contributed by atoms with Crippen LogP contribution in [-0.2, 0) is 9.53 Å². The summed E-state index contributed by atoms with van der Waals surface area (Å²) >= 11 is 0. The lowest BCUT2D eigenvalue weighted by atomic mass is 10.2. The number of carbonyl (C=O) groups is 1. The van der Waals surface area contributed by atoms with Crippen molar-refractivity contribution < 1.29 is 22.7 Å². The van der Waals surface area contributed by atoms with Gasteiger partial charge in [0.25, 0.3) is 0 Å². The molecule has 0 rings (SSSR count). The highest BCUT2D eigenvalue weighted by molar-refractivity contribution is 5.81. The Bertz CT molecular complexity index is 258. The van der Waals surface area contributed by atoms with E-state index < -0.39 is 12.8 Å². The summed E-state index contributed by atoms with van der Waals surface area (Å²) in [5, 5.41) is 5.70. The van der Waals surface area contributed by atoms with E-state index in [-0.39, 0.29) is 18.6 Å². The second kappa shape index (κ2) is 9.14. The molecule has 2 N–H and O–H groups in total. The third-order valence-corrected chi connectivity index (χ3v) is 2.26. The van der Waals surface area contributed by atoms with Gasteiger partial charge in [-0.15, -0.1) is 0 Å². The quantitative estimate of drug-likeness (QED) is 0.634. The lowest BCUT2D eigenvalue weighted by Gasteiger charge is -2.15. The minimum atomic E-state index is -4.28. The zero-order valence-electron chi connectivity index (χ0n) is 11.6. The Morgan fingerprint density at radius 2 is 1.89 bits per heavy atom. The summed E-state index contributed by atoms with van der Waals surface area (Å²) in [7, 11) is 0. The van der Waals surface area contributed by atoms with Crippen molar-refractivity contribution in [3.05, 3.63) is 0 Å². The van der Waals surface area contributed by atoms with E-state index >= 15 is 0 Å². The van der Waals surface area contributed by atoms with Crippen molar-refractivity contribution in [2.75, 3.05) is 26.3 Å². The van der Waals surface area contributed by atoms with E-state index in [1.807, 2.05) is 13.8 Å². The van der Waals surface area contributed by atoms with Gasteiger partial charge in [-0.3, -0.25) is 4.79 Å². The highest BCUT2D eigenvalue weighted by atomic mass is 19.4. The van der Waals surface area contributed by atoms with E-state index in [1.165, 1.54) is 0 Å². The van der Waals surface area contributed by atoms with Crippen LogP contribution in [0.2, 0.25) is 0 Å². The first-order valence-electron chi connectivity index (χ1n) is 6.38. The molecule has 7 heteroatoms. The van der Waals surface area contributed by atoms with E-state index in [4.69, 9.17) is 0 Å². The molecule has 0 radical (unpaired) electrons. The summed E-state index contributed by atoms with van der Waals surface area (Å²) in [5.74, 6) is 0.275. The molecule has 114 valence electrons. The van der Waals surface area contributed by atoms with Crippen LogP contribution in [-0.4, -0.2) is 44.4 Å². The van der Waals surface area contributed by atoms with Crippen molar-refractivity contribution in [3.8, 4) is 0 Å². The summed E-state index contributed by atoms with van der Waals surface area (Å²) in [6, 6.07) is -0.360. The Hall–Kier alpha value is -0.820. The standard InChI is InChI=1S/C12H23F3N2O2/c1-9(2)7-17-11(18)10(3)16-5-4-6-19-8-12(13,14)15/h9-10,16H,4-8H2,1-3H3,(H,17,18). The molecule has 0 aromatic rings. The van der Waals surface area contributed by atoms with E-state index in [1.54, 1.807) is 6.92 Å². The minimum Gasteiger partial charge on any atom is -0.372 e. The van der Waals surface area contributed by atoms with Crippen molar-refractivity contribution >= 4 is 5.91 Å². The minimum absolute atomic E-state index is 0.0207. The molecule has 1 amide bonds. The molecule has 0 aliphatic rings. The summed E-state index contributed by atoms with van der Waals surface area (Å²) in [4.78, 5) is 11.5. The first kappa shape index (κ1) is 18.2. The van der Waals surface area contributed by atoms with Gasteiger partial charge in [-0.05, 0) is 25.8 Å². The predicted molar refractivity (Wildman–Crippen MR) is 66.8 cm³/mol. The smallest absolute Gasteiger partial charge is 0.372 e. The lowest BCUT2D eigenvalue weighted by Crippen LogP contribution is -2.43. The number of alkyl halides is 3. The summed E-state index contributed by atoms with van der Waals surface area (Å²) < 4.78 is 39.7. The Morgan fingerprint density at radius 1 is 1.26 bits per heavy atom. The first-order chi connectivity index (χ1) is 8.72. The average molecular weight is 284 g/mol. The number of amides is 1. The van der Waals surface area contributed by atoms with Gasteiger partial charge in [-0.1, -0.05) is 13.8 Å². The molecule has 0 aromatic heterocycles. The van der Waals surface area contributed by atoms with Crippen LogP contribution < -0.4 is 10.6 Å². The van der Waals surface area contributed by atoms with Crippen LogP contribution in [0.3, 0.4) is 0 Å². The normalized spacial score (nSPS) is 13.6. The number of ether oxygens (including phenoxy) is 1. The fourth-order valence-corrected chi connectivity index (χ4v) is 1.23. The van der Waals surface area contributed by atoms with Crippen LogP contribution in [0.25, 0.3) is 0 Å². The number of rotatable bonds is 9. The van der Waals surface area contributed by atoms with Crippen LogP contribution in [0, 0.1) is 5.92 Å². The van der Waals surface area contributed by atoms with Crippen LogP contribution in [0.15, 0.2) is 0 Å². The molecule has 1 unspecified atom stereocenters. The largest absolute Gasteiger partial charge is 0.411 e. The Morgan fingerprint density at radius 3 is 2.42 bits per heavy atom. The maximum atomic E-state index is 11.8. The van der Waals surface area contributed by atoms with E-state index in [9.17, 15) is 18.0 Å². The molecular weight excluding hydrogens is 261 g/mol. The molecule has 0 saturated heterocycles. The van der Waals surface area contributed by atoms with Gasteiger partial charge in [0.05, 0.1) is 6.04 Å². The van der Waals surface area contributed by atoms with Gasteiger partial charge in [-0.2, -0.15) is 13.2 Å². The molecule has 1 atom stereocenters. The molecule has 0 saturated carbocycles. The third kappa shape index (κ3) is 12.0. The van der Waals surface area contributed by atoms with Gasteiger partial charge in [0.1, 0.15) is 6.61 Å². The topological polar surface area (TPSA) is 50.4 Å². The number of hydrogen-bond donors (Lipinski definition) is 2. The van der Waals surface area contributed by atoms with Crippen molar-refractivity contribution in [2.45, 2.75) is 39.4 Å². The van der Waals surface area contributed by atoms with Crippen molar-refractivity contribution in [1.29, 1.82) is 0 Å². The highest BCUT2D eigenvalue weighted by Gasteiger charge is 2.27. The summed E-state index contributed by atoms with van der Waals surface area (Å²) in [6.45, 7) is 5.55. The van der Waals surface area contributed by atoms with Crippen LogP contribution in [0.5, 0.6) is 0 Å². The van der Waals surface area contributed by atoms with Crippen molar-refractivity contribution in [1.82, 2.24) is 10.6 Å². The number of carbonyl (C=O) groups excluding carboxylic acids is 1. The third-order valence-electron chi connectivity index (χ3n) is 2.26. The van der Waals surface area contributed by atoms with Gasteiger partial charge in [-0.25, -0.2) is 0 Å². The van der Waals surface area contributed by atoms with Gasteiger partial charge >= 0.3 is 6.18 Å². The van der Waals surface area contributed by atoms with E-state index in [0.717, 1.165) is 0 Å². The van der Waals surface area contributed by atoms with Gasteiger partial charge < -0.3 is 15.4 Å². The number of hydrogen-bond acceptors (Lipinski definition) is 3. The van der Waals surface area contributed by atoms with Gasteiger partial charge in [0.2, 0.25) is 5.91 Å². The highest BCUT2D eigenvalue weighted by Crippen LogP contribution is 2.14. The zero-order chi connectivity index (χ0) is 14.9. The second-order valence-electron chi connectivity index (χ2n) is 4.84. The molecular formula is C12H23F3N2O2. The molecule has 19 heavy (non-hydrogen) atoms. The van der Waals surface area contributed by atoms with Crippen LogP contribution >= 0.6 is 0 Å². The monoisotopic (exact) mass is 284 g/mol. The second-order valence-corrected chi connectivity index (χ2v) is 4.84. The van der Waals surface area contributed by atoms with Crippen LogP contribution in [0.1, 0.15) is 27.2 Å². The lowest BCUT2D eigenvalue weighted by molar-refractivity contribution is -0.173. The Kier molecular flexibility index (Phi) is 8.75. The number of nitrogens with one attached hydrogen (secondary N) is 2. The van der Waals surface area contributed by atoms with Crippen LogP contribution in [0.4, 0.5) is 13.2 Å². The molecule has 0 bridgehead atoms. The molecule has 0 heterocycles. The average Bonchev–Trinajstić information content (AvgIpc) is 2.28. The molecule has 0 spiro atoms. The predicted octanol–water partition coefficient (Wildman–Crippen LogP) is 1.71. The summed E-state index contributed by atoms with van der Waals surface area (Å²) in [5.41, 5.74) is 0. The molecule has 0 fully saturated rings. The van der Waals surface area contributed by atoms with Crippen molar-refractivity contribution in [3.63, 3.8) is 0 Å². The number of halogens is 3. The molecule has 0 aliphatic heterocycles. The molecule has 0 aliphatic carbocycles. The Labute approximate surface area is 112 Å². The SMILES string of the molecule is CC(C)CNC(=O)C(C)NCCCOCC(F)(F)F. The maximum Gasteiger partial charge on any atom is 0.411 e. The fraction of sp³-hybridized carbons (Fsp3) is 0.917. The van der Waals surface area contributed by atoms with Crippen molar-refractivity contribution in [2.24, 2.45) is 5.92 Å². The Balaban J connectivity index is 3.52. The van der Waals surface area contributed by atoms with E-state index in [2.05, 4.69) is 15.4 Å². The maximum absolute atomic E-state index is 11.8.